The second-order valence-electron chi connectivity index (χ2n) is 7.03. The predicted molar refractivity (Wildman–Crippen MR) is 112 cm³/mol. The van der Waals surface area contributed by atoms with Gasteiger partial charge in [-0.3, -0.25) is 28.5 Å². The number of esters is 1. The van der Waals surface area contributed by atoms with E-state index in [9.17, 15) is 24.0 Å². The lowest BCUT2D eigenvalue weighted by molar-refractivity contribution is -0.142. The van der Waals surface area contributed by atoms with Crippen LogP contribution in [0.3, 0.4) is 0 Å². The number of carbonyl (C=O) groups is 5. The Morgan fingerprint density at radius 2 is 1.81 bits per heavy atom. The fourth-order valence-electron chi connectivity index (χ4n) is 3.27. The van der Waals surface area contributed by atoms with Gasteiger partial charge >= 0.3 is 11.9 Å². The number of aromatic nitrogens is 1. The van der Waals surface area contributed by atoms with E-state index in [0.29, 0.717) is 17.7 Å². The van der Waals surface area contributed by atoms with Crippen molar-refractivity contribution in [2.24, 2.45) is 0 Å². The third-order valence-electron chi connectivity index (χ3n) is 4.82. The molecule has 3 N–H and O–H groups in total. The van der Waals surface area contributed by atoms with Crippen molar-refractivity contribution in [2.45, 2.75) is 18.9 Å². The molecule has 0 saturated heterocycles. The molecule has 0 bridgehead atoms. The molecule has 0 unspecified atom stereocenters. The Hall–Kier alpha value is -4.21. The minimum atomic E-state index is -1.45. The molecule has 1 aromatic heterocycles. The van der Waals surface area contributed by atoms with E-state index >= 15 is 0 Å². The van der Waals surface area contributed by atoms with Crippen molar-refractivity contribution < 1.29 is 33.8 Å². The van der Waals surface area contributed by atoms with Gasteiger partial charge in [-0.05, 0) is 23.8 Å². The predicted octanol–water partition coefficient (Wildman–Crippen LogP) is 0.630. The number of ether oxygens (including phenoxy) is 1. The van der Waals surface area contributed by atoms with Crippen molar-refractivity contribution in [2.75, 3.05) is 13.7 Å². The number of hydrogen-bond acceptors (Lipinski definition) is 6. The summed E-state index contributed by atoms with van der Waals surface area (Å²) in [5.41, 5.74) is 1.92. The molecule has 0 saturated carbocycles. The van der Waals surface area contributed by atoms with Gasteiger partial charge in [-0.1, -0.05) is 30.3 Å². The number of carboxylic acid groups (broad SMARTS) is 1. The van der Waals surface area contributed by atoms with Crippen molar-refractivity contribution >= 4 is 35.7 Å². The number of fused-ring (bicyclic) bond motifs is 1. The third kappa shape index (κ3) is 5.09. The Bertz CT molecular complexity index is 1100. The van der Waals surface area contributed by atoms with Crippen LogP contribution in [0, 0.1) is 0 Å². The summed E-state index contributed by atoms with van der Waals surface area (Å²) in [5.74, 6) is -4.09. The van der Waals surface area contributed by atoms with Crippen LogP contribution in [0.4, 0.5) is 0 Å². The van der Waals surface area contributed by atoms with Crippen LogP contribution in [0.2, 0.25) is 0 Å². The Morgan fingerprint density at radius 1 is 1.09 bits per heavy atom. The summed E-state index contributed by atoms with van der Waals surface area (Å²) < 4.78 is 5.63. The molecule has 0 fully saturated rings. The van der Waals surface area contributed by atoms with Gasteiger partial charge in [0.2, 0.25) is 5.91 Å². The molecular weight excluding hydrogens is 418 g/mol. The highest BCUT2D eigenvalue weighted by molar-refractivity contribution is 6.10. The highest BCUT2D eigenvalue weighted by Gasteiger charge is 2.30. The maximum absolute atomic E-state index is 12.9. The van der Waals surface area contributed by atoms with Crippen LogP contribution in [0.5, 0.6) is 0 Å². The molecular formula is C22H21N3O7. The maximum atomic E-state index is 12.9. The van der Waals surface area contributed by atoms with Crippen molar-refractivity contribution in [1.29, 1.82) is 0 Å². The minimum Gasteiger partial charge on any atom is -0.481 e. The van der Waals surface area contributed by atoms with Crippen molar-refractivity contribution in [3.63, 3.8) is 0 Å². The topological polar surface area (TPSA) is 144 Å². The number of methoxy groups -OCH3 is 1. The van der Waals surface area contributed by atoms with Gasteiger partial charge < -0.3 is 20.5 Å². The van der Waals surface area contributed by atoms with Crippen LogP contribution in [-0.4, -0.2) is 59.0 Å². The molecule has 1 aliphatic rings. The zero-order valence-electron chi connectivity index (χ0n) is 17.2. The second-order valence-corrected chi connectivity index (χ2v) is 7.03. The quantitative estimate of drug-likeness (QED) is 0.486. The summed E-state index contributed by atoms with van der Waals surface area (Å²) in [6, 6.07) is 10.9. The first-order chi connectivity index (χ1) is 15.3. The molecule has 1 aromatic carbocycles. The van der Waals surface area contributed by atoms with E-state index in [1.807, 2.05) is 30.3 Å². The number of carbonyl (C=O) groups excluding carboxylic acids is 4. The summed E-state index contributed by atoms with van der Waals surface area (Å²) in [5, 5.41) is 13.6. The molecule has 10 heteroatoms. The Kier molecular flexibility index (Phi) is 6.83. The van der Waals surface area contributed by atoms with E-state index in [-0.39, 0.29) is 11.6 Å². The van der Waals surface area contributed by atoms with Crippen LogP contribution >= 0.6 is 0 Å². The zero-order chi connectivity index (χ0) is 23.3. The van der Waals surface area contributed by atoms with Crippen molar-refractivity contribution in [3.8, 4) is 0 Å². The largest absolute Gasteiger partial charge is 0.481 e. The normalized spacial score (nSPS) is 13.0. The molecule has 2 heterocycles. The number of nitrogens with zero attached hydrogens (tertiary/aromatic N) is 1. The number of carboxylic acids is 1. The maximum Gasteiger partial charge on any atom is 0.325 e. The van der Waals surface area contributed by atoms with E-state index in [4.69, 9.17) is 5.11 Å². The lowest BCUT2D eigenvalue weighted by Gasteiger charge is -2.17. The van der Waals surface area contributed by atoms with E-state index in [2.05, 4.69) is 15.4 Å². The van der Waals surface area contributed by atoms with Crippen LogP contribution in [0.15, 0.2) is 48.0 Å². The lowest BCUT2D eigenvalue weighted by atomic mass is 10.1. The molecule has 1 atom stereocenters. The van der Waals surface area contributed by atoms with Gasteiger partial charge in [-0.15, -0.1) is 0 Å². The zero-order valence-corrected chi connectivity index (χ0v) is 17.2. The first-order valence-corrected chi connectivity index (χ1v) is 9.68. The van der Waals surface area contributed by atoms with E-state index in [0.717, 1.165) is 12.7 Å². The van der Waals surface area contributed by atoms with Crippen molar-refractivity contribution in [1.82, 2.24) is 15.2 Å². The molecule has 2 aromatic rings. The molecule has 3 rings (SSSR count). The molecule has 10 nitrogen and oxygen atoms in total. The molecule has 0 radical (unpaired) electrons. The van der Waals surface area contributed by atoms with Gasteiger partial charge in [0.1, 0.15) is 18.3 Å². The molecule has 1 aliphatic heterocycles. The molecule has 0 spiro atoms. The highest BCUT2D eigenvalue weighted by Crippen LogP contribution is 2.25. The van der Waals surface area contributed by atoms with Crippen LogP contribution < -0.4 is 10.6 Å². The highest BCUT2D eigenvalue weighted by atomic mass is 16.5. The Labute approximate surface area is 182 Å². The molecule has 2 amide bonds. The van der Waals surface area contributed by atoms with Crippen molar-refractivity contribution in [3.05, 3.63) is 65.0 Å². The molecule has 166 valence electrons. The van der Waals surface area contributed by atoms with Gasteiger partial charge in [0.15, 0.2) is 0 Å². The summed E-state index contributed by atoms with van der Waals surface area (Å²) in [6.07, 6.45) is 1.36. The van der Waals surface area contributed by atoms with Crippen LogP contribution in [0.25, 0.3) is 6.08 Å². The second kappa shape index (κ2) is 9.73. The van der Waals surface area contributed by atoms with E-state index in [1.54, 1.807) is 12.1 Å². The van der Waals surface area contributed by atoms with Gasteiger partial charge in [-0.2, -0.15) is 0 Å². The van der Waals surface area contributed by atoms with Gasteiger partial charge in [0.25, 0.3) is 11.8 Å². The Morgan fingerprint density at radius 3 is 2.47 bits per heavy atom. The summed E-state index contributed by atoms with van der Waals surface area (Å²) in [7, 11) is 1.13. The summed E-state index contributed by atoms with van der Waals surface area (Å²) in [6.45, 7) is -0.479. The number of nitrogens with one attached hydrogen (secondary N) is 2. The fraction of sp³-hybridized carbons (Fsp3) is 0.227. The first-order valence-electron chi connectivity index (χ1n) is 9.68. The van der Waals surface area contributed by atoms with E-state index < -0.39 is 42.8 Å². The molecule has 32 heavy (non-hydrogen) atoms. The van der Waals surface area contributed by atoms with E-state index in [1.165, 1.54) is 10.6 Å². The number of allylic oxidation sites excluding steroid dienone is 1. The smallest absolute Gasteiger partial charge is 0.325 e. The average molecular weight is 439 g/mol. The van der Waals surface area contributed by atoms with Gasteiger partial charge in [0, 0.05) is 17.7 Å². The Balaban J connectivity index is 1.73. The number of aliphatic carboxylic acids is 1. The number of hydrogen-bond donors (Lipinski definition) is 3. The fourth-order valence-corrected chi connectivity index (χ4v) is 3.27. The number of amides is 2. The third-order valence-corrected chi connectivity index (χ3v) is 4.82. The molecule has 0 aliphatic carbocycles. The summed E-state index contributed by atoms with van der Waals surface area (Å²) in [4.78, 5) is 60.3. The van der Waals surface area contributed by atoms with Crippen LogP contribution in [0.1, 0.15) is 33.0 Å². The van der Waals surface area contributed by atoms with Crippen LogP contribution in [-0.2, 0) is 25.5 Å². The van der Waals surface area contributed by atoms with Gasteiger partial charge in [-0.25, -0.2) is 0 Å². The lowest BCUT2D eigenvalue weighted by Crippen LogP contribution is -2.49. The SMILES string of the molecule is COC(=O)CNC(=O)[C@H](CC(=O)O)NC(=O)c1ccc2n1C(=O)C(Cc1ccccc1)=C2. The number of benzene rings is 1. The summed E-state index contributed by atoms with van der Waals surface area (Å²) >= 11 is 0. The number of rotatable bonds is 9. The van der Waals surface area contributed by atoms with Gasteiger partial charge in [0.05, 0.1) is 13.5 Å². The standard InChI is InChI=1S/C22H21N3O7/c1-32-19(28)12-23-20(29)16(11-18(26)27)24-21(30)17-8-7-15-10-14(22(31)25(15)17)9-13-5-3-2-4-6-13/h2-8,10,16H,9,11-12H2,1H3,(H,23,29)(H,24,30)(H,26,27)/t16-/m0/s1. The minimum absolute atomic E-state index is 0.0273. The first kappa shape index (κ1) is 22.5. The average Bonchev–Trinajstić information content (AvgIpc) is 3.32. The monoisotopic (exact) mass is 439 g/mol.